The zero-order valence-corrected chi connectivity index (χ0v) is 9.89. The van der Waals surface area contributed by atoms with E-state index < -0.39 is 0 Å². The maximum absolute atomic E-state index is 5.54. The summed E-state index contributed by atoms with van der Waals surface area (Å²) >= 11 is 3.31. The lowest BCUT2D eigenvalue weighted by Gasteiger charge is -2.17. The van der Waals surface area contributed by atoms with E-state index in [0.29, 0.717) is 11.8 Å². The van der Waals surface area contributed by atoms with Gasteiger partial charge in [-0.15, -0.1) is 0 Å². The van der Waals surface area contributed by atoms with Gasteiger partial charge in [0.05, 0.1) is 0 Å². The Hall–Kier alpha value is -0.280. The number of furan rings is 1. The highest BCUT2D eigenvalue weighted by atomic mass is 79.9. The topological polar surface area (TPSA) is 25.2 Å². The molecule has 1 heterocycles. The molecule has 0 spiro atoms. The fourth-order valence-electron chi connectivity index (χ4n) is 1.41. The molecule has 1 atom stereocenters. The van der Waals surface area contributed by atoms with Crippen molar-refractivity contribution in [1.82, 2.24) is 5.32 Å². The minimum absolute atomic E-state index is 0.455. The molecule has 1 aromatic rings. The summed E-state index contributed by atoms with van der Waals surface area (Å²) in [6.07, 6.45) is 0. The monoisotopic (exact) mass is 245 g/mol. The van der Waals surface area contributed by atoms with Crippen molar-refractivity contribution >= 4 is 15.9 Å². The molecule has 0 aliphatic carbocycles. The average molecular weight is 246 g/mol. The van der Waals surface area contributed by atoms with Gasteiger partial charge in [-0.1, -0.05) is 13.8 Å². The molecule has 1 rings (SSSR count). The van der Waals surface area contributed by atoms with Gasteiger partial charge in [0.25, 0.3) is 0 Å². The Labute approximate surface area is 87.8 Å². The Kier molecular flexibility index (Phi) is 4.00. The van der Waals surface area contributed by atoms with Crippen LogP contribution in [-0.4, -0.2) is 13.6 Å². The van der Waals surface area contributed by atoms with Crippen LogP contribution in [0.15, 0.2) is 21.2 Å². The van der Waals surface area contributed by atoms with Crippen LogP contribution in [0.2, 0.25) is 0 Å². The Morgan fingerprint density at radius 3 is 2.54 bits per heavy atom. The van der Waals surface area contributed by atoms with E-state index in [4.69, 9.17) is 4.42 Å². The number of rotatable bonds is 4. The van der Waals surface area contributed by atoms with Crippen LogP contribution < -0.4 is 5.32 Å². The summed E-state index contributed by atoms with van der Waals surface area (Å²) in [5, 5.41) is 3.18. The number of hydrogen-bond acceptors (Lipinski definition) is 2. The highest BCUT2D eigenvalue weighted by Gasteiger charge is 2.18. The van der Waals surface area contributed by atoms with Crippen LogP contribution >= 0.6 is 15.9 Å². The zero-order valence-electron chi connectivity index (χ0n) is 8.30. The molecule has 1 N–H and O–H groups in total. The minimum Gasteiger partial charge on any atom is -0.454 e. The second kappa shape index (κ2) is 4.82. The fourth-order valence-corrected chi connectivity index (χ4v) is 1.73. The normalized spacial score (nSPS) is 13.6. The van der Waals surface area contributed by atoms with Crippen molar-refractivity contribution in [1.29, 1.82) is 0 Å². The SMILES string of the molecule is CNCC(c1ccc(Br)o1)C(C)C. The van der Waals surface area contributed by atoms with Crippen molar-refractivity contribution < 1.29 is 4.42 Å². The van der Waals surface area contributed by atoms with E-state index in [1.165, 1.54) is 0 Å². The van der Waals surface area contributed by atoms with E-state index in [9.17, 15) is 0 Å². The summed E-state index contributed by atoms with van der Waals surface area (Å²) < 4.78 is 6.35. The van der Waals surface area contributed by atoms with Gasteiger partial charge in [0.15, 0.2) is 4.67 Å². The van der Waals surface area contributed by atoms with E-state index in [1.807, 2.05) is 19.2 Å². The van der Waals surface area contributed by atoms with E-state index in [-0.39, 0.29) is 0 Å². The van der Waals surface area contributed by atoms with Crippen molar-refractivity contribution in [2.75, 3.05) is 13.6 Å². The van der Waals surface area contributed by atoms with Crippen molar-refractivity contribution in [2.45, 2.75) is 19.8 Å². The predicted octanol–water partition coefficient (Wildman–Crippen LogP) is 3.00. The first-order valence-electron chi connectivity index (χ1n) is 4.55. The van der Waals surface area contributed by atoms with Gasteiger partial charge >= 0.3 is 0 Å². The minimum atomic E-state index is 0.455. The highest BCUT2D eigenvalue weighted by molar-refractivity contribution is 9.10. The fraction of sp³-hybridized carbons (Fsp3) is 0.600. The highest BCUT2D eigenvalue weighted by Crippen LogP contribution is 2.27. The summed E-state index contributed by atoms with van der Waals surface area (Å²) in [4.78, 5) is 0. The molecule has 0 radical (unpaired) electrons. The molecule has 0 amide bonds. The third kappa shape index (κ3) is 2.85. The van der Waals surface area contributed by atoms with Crippen LogP contribution in [0.25, 0.3) is 0 Å². The molecule has 3 heteroatoms. The molecule has 74 valence electrons. The zero-order chi connectivity index (χ0) is 9.84. The lowest BCUT2D eigenvalue weighted by atomic mass is 9.93. The molecule has 0 saturated heterocycles. The number of likely N-dealkylation sites (N-methyl/N-ethyl adjacent to an activating group) is 1. The van der Waals surface area contributed by atoms with E-state index in [1.54, 1.807) is 0 Å². The maximum Gasteiger partial charge on any atom is 0.169 e. The van der Waals surface area contributed by atoms with Gasteiger partial charge in [0, 0.05) is 12.5 Å². The van der Waals surface area contributed by atoms with Crippen LogP contribution in [0.1, 0.15) is 25.5 Å². The standard InChI is InChI=1S/C10H16BrNO/c1-7(2)8(6-12-3)9-4-5-10(11)13-9/h4-5,7-8,12H,6H2,1-3H3. The number of nitrogens with one attached hydrogen (secondary N) is 1. The summed E-state index contributed by atoms with van der Waals surface area (Å²) in [5.74, 6) is 2.10. The maximum atomic E-state index is 5.54. The van der Waals surface area contributed by atoms with Gasteiger partial charge in [-0.05, 0) is 41.0 Å². The van der Waals surface area contributed by atoms with Crippen LogP contribution in [0.4, 0.5) is 0 Å². The molecule has 2 nitrogen and oxygen atoms in total. The van der Waals surface area contributed by atoms with Gasteiger partial charge in [0.2, 0.25) is 0 Å². The van der Waals surface area contributed by atoms with Crippen LogP contribution in [-0.2, 0) is 0 Å². The van der Waals surface area contributed by atoms with E-state index >= 15 is 0 Å². The van der Waals surface area contributed by atoms with E-state index in [0.717, 1.165) is 17.0 Å². The van der Waals surface area contributed by atoms with Crippen molar-refractivity contribution in [3.63, 3.8) is 0 Å². The first-order valence-corrected chi connectivity index (χ1v) is 5.34. The van der Waals surface area contributed by atoms with Gasteiger partial charge in [-0.25, -0.2) is 0 Å². The smallest absolute Gasteiger partial charge is 0.169 e. The molecule has 1 unspecified atom stereocenters. The van der Waals surface area contributed by atoms with Gasteiger partial charge in [0.1, 0.15) is 5.76 Å². The van der Waals surface area contributed by atoms with E-state index in [2.05, 4.69) is 35.1 Å². The third-order valence-electron chi connectivity index (χ3n) is 2.19. The largest absolute Gasteiger partial charge is 0.454 e. The quantitative estimate of drug-likeness (QED) is 0.883. The molecule has 13 heavy (non-hydrogen) atoms. The summed E-state index contributed by atoms with van der Waals surface area (Å²) in [5.41, 5.74) is 0. The molecular formula is C10H16BrNO. The molecule has 0 aliphatic rings. The Balaban J connectivity index is 2.75. The van der Waals surface area contributed by atoms with Gasteiger partial charge in [-0.3, -0.25) is 0 Å². The Morgan fingerprint density at radius 2 is 2.15 bits per heavy atom. The molecule has 0 aliphatic heterocycles. The second-order valence-corrected chi connectivity index (χ2v) is 4.33. The van der Waals surface area contributed by atoms with Crippen molar-refractivity contribution in [2.24, 2.45) is 5.92 Å². The number of halogens is 1. The van der Waals surface area contributed by atoms with Gasteiger partial charge in [-0.2, -0.15) is 0 Å². The Morgan fingerprint density at radius 1 is 1.46 bits per heavy atom. The number of hydrogen-bond donors (Lipinski definition) is 1. The molecule has 0 bridgehead atoms. The van der Waals surface area contributed by atoms with Crippen LogP contribution in [0, 0.1) is 5.92 Å². The van der Waals surface area contributed by atoms with Crippen LogP contribution in [0.5, 0.6) is 0 Å². The van der Waals surface area contributed by atoms with Crippen molar-refractivity contribution in [3.05, 3.63) is 22.6 Å². The summed E-state index contributed by atoms with van der Waals surface area (Å²) in [6.45, 7) is 5.37. The molecule has 0 fully saturated rings. The Bertz CT molecular complexity index is 257. The predicted molar refractivity (Wildman–Crippen MR) is 57.9 cm³/mol. The molecule has 0 aromatic carbocycles. The first-order chi connectivity index (χ1) is 6.15. The van der Waals surface area contributed by atoms with Crippen molar-refractivity contribution in [3.8, 4) is 0 Å². The van der Waals surface area contributed by atoms with Gasteiger partial charge < -0.3 is 9.73 Å². The lowest BCUT2D eigenvalue weighted by Crippen LogP contribution is -2.20. The third-order valence-corrected chi connectivity index (χ3v) is 2.61. The summed E-state index contributed by atoms with van der Waals surface area (Å²) in [7, 11) is 1.97. The summed E-state index contributed by atoms with van der Waals surface area (Å²) in [6, 6.07) is 3.98. The first kappa shape index (κ1) is 10.8. The van der Waals surface area contributed by atoms with Crippen LogP contribution in [0.3, 0.4) is 0 Å². The molecular weight excluding hydrogens is 230 g/mol. The second-order valence-electron chi connectivity index (χ2n) is 3.55. The molecule has 0 saturated carbocycles. The average Bonchev–Trinajstić information content (AvgIpc) is 2.46. The lowest BCUT2D eigenvalue weighted by molar-refractivity contribution is 0.378. The molecule has 1 aromatic heterocycles.